The number of nitrogens with one attached hydrogen (secondary N) is 4. The monoisotopic (exact) mass is 431 g/mol. The van der Waals surface area contributed by atoms with Gasteiger partial charge in [0, 0.05) is 24.8 Å². The Bertz CT molecular complexity index is 1110. The number of rotatable bonds is 8. The molecule has 0 bridgehead atoms. The molecule has 164 valence electrons. The average Bonchev–Trinajstić information content (AvgIpc) is 3.14. The molecule has 31 heavy (non-hydrogen) atoms. The van der Waals surface area contributed by atoms with Crippen molar-refractivity contribution in [2.24, 2.45) is 5.11 Å². The summed E-state index contributed by atoms with van der Waals surface area (Å²) in [7, 11) is 1.74. The molecule has 0 amide bonds. The normalized spacial score (nSPS) is 20.5. The molecule has 1 aliphatic carbocycles. The first-order chi connectivity index (χ1) is 14.8. The van der Waals surface area contributed by atoms with Crippen LogP contribution in [0, 0.1) is 5.53 Å². The summed E-state index contributed by atoms with van der Waals surface area (Å²) in [6.07, 6.45) is 0.429. The van der Waals surface area contributed by atoms with Gasteiger partial charge in [-0.2, -0.15) is 10.1 Å². The highest BCUT2D eigenvalue weighted by Gasteiger charge is 2.38. The molecule has 5 N–H and O–H groups in total. The van der Waals surface area contributed by atoms with E-state index in [9.17, 15) is 13.9 Å². The number of anilines is 3. The predicted molar refractivity (Wildman–Crippen MR) is 112 cm³/mol. The van der Waals surface area contributed by atoms with Gasteiger partial charge in [-0.15, -0.1) is 5.10 Å². The largest absolute Gasteiger partial charge is 0.390 e. The SMILES string of the molecule is CNc1nc(NC2CC(C)(O)C2)nn2ccc(-c3ccc(N=N)c(NCC(F)F)n3)c12. The number of hydrogen-bond donors (Lipinski definition) is 5. The van der Waals surface area contributed by atoms with Gasteiger partial charge in [-0.3, -0.25) is 0 Å². The minimum absolute atomic E-state index is 0.0958. The molecule has 1 fully saturated rings. The van der Waals surface area contributed by atoms with E-state index in [4.69, 9.17) is 5.53 Å². The number of aliphatic hydroxyl groups is 1. The van der Waals surface area contributed by atoms with Crippen molar-refractivity contribution in [2.75, 3.05) is 29.5 Å². The highest BCUT2D eigenvalue weighted by Crippen LogP contribution is 2.35. The van der Waals surface area contributed by atoms with Gasteiger partial charge in [-0.1, -0.05) is 0 Å². The molecule has 1 saturated carbocycles. The fourth-order valence-corrected chi connectivity index (χ4v) is 3.75. The molecule has 4 rings (SSSR count). The molecule has 0 aromatic carbocycles. The molecule has 3 aromatic rings. The number of nitrogens with zero attached hydrogens (tertiary/aromatic N) is 5. The lowest BCUT2D eigenvalue weighted by atomic mass is 9.77. The Kier molecular flexibility index (Phi) is 5.39. The summed E-state index contributed by atoms with van der Waals surface area (Å²) in [6.45, 7) is 1.20. The molecule has 0 atom stereocenters. The van der Waals surface area contributed by atoms with Gasteiger partial charge in [-0.25, -0.2) is 23.8 Å². The Hall–Kier alpha value is -3.41. The summed E-state index contributed by atoms with van der Waals surface area (Å²) in [5.74, 6) is 1.09. The third-order valence-electron chi connectivity index (χ3n) is 5.15. The van der Waals surface area contributed by atoms with Crippen LogP contribution in [-0.2, 0) is 0 Å². The Morgan fingerprint density at radius 3 is 2.71 bits per heavy atom. The van der Waals surface area contributed by atoms with Crippen LogP contribution in [0.2, 0.25) is 0 Å². The van der Waals surface area contributed by atoms with Gasteiger partial charge < -0.3 is 21.1 Å². The Labute approximate surface area is 176 Å². The van der Waals surface area contributed by atoms with E-state index < -0.39 is 18.6 Å². The van der Waals surface area contributed by atoms with Crippen molar-refractivity contribution in [3.63, 3.8) is 0 Å². The van der Waals surface area contributed by atoms with Crippen LogP contribution in [0.5, 0.6) is 0 Å². The lowest BCUT2D eigenvalue weighted by Crippen LogP contribution is -2.48. The van der Waals surface area contributed by atoms with Crippen molar-refractivity contribution in [1.82, 2.24) is 19.6 Å². The molecule has 0 unspecified atom stereocenters. The number of halogens is 2. The van der Waals surface area contributed by atoms with E-state index in [0.29, 0.717) is 41.4 Å². The van der Waals surface area contributed by atoms with Crippen LogP contribution < -0.4 is 16.0 Å². The summed E-state index contributed by atoms with van der Waals surface area (Å²) >= 11 is 0. The van der Waals surface area contributed by atoms with Crippen LogP contribution in [0.25, 0.3) is 16.8 Å². The van der Waals surface area contributed by atoms with Crippen LogP contribution in [0.15, 0.2) is 29.5 Å². The zero-order valence-electron chi connectivity index (χ0n) is 17.0. The number of pyridine rings is 1. The Morgan fingerprint density at radius 1 is 1.29 bits per heavy atom. The smallest absolute Gasteiger partial charge is 0.255 e. The first-order valence-electron chi connectivity index (χ1n) is 9.76. The van der Waals surface area contributed by atoms with Gasteiger partial charge in [-0.05, 0) is 38.0 Å². The topological polar surface area (TPSA) is 136 Å². The second-order valence-electron chi connectivity index (χ2n) is 7.75. The summed E-state index contributed by atoms with van der Waals surface area (Å²) < 4.78 is 26.9. The highest BCUT2D eigenvalue weighted by molar-refractivity contribution is 5.88. The maximum absolute atomic E-state index is 12.6. The first kappa shape index (κ1) is 20.8. The molecule has 0 aliphatic heterocycles. The minimum atomic E-state index is -2.56. The summed E-state index contributed by atoms with van der Waals surface area (Å²) in [4.78, 5) is 8.93. The van der Waals surface area contributed by atoms with E-state index in [1.54, 1.807) is 42.9 Å². The summed E-state index contributed by atoms with van der Waals surface area (Å²) in [5.41, 5.74) is 8.60. The molecule has 10 nitrogen and oxygen atoms in total. The van der Waals surface area contributed by atoms with Crippen LogP contribution in [-0.4, -0.2) is 56.3 Å². The number of aromatic nitrogens is 4. The highest BCUT2D eigenvalue weighted by atomic mass is 19.3. The van der Waals surface area contributed by atoms with Gasteiger partial charge in [0.1, 0.15) is 11.2 Å². The molecule has 0 spiro atoms. The Balaban J connectivity index is 1.68. The number of alkyl halides is 2. The van der Waals surface area contributed by atoms with Gasteiger partial charge in [0.15, 0.2) is 11.6 Å². The molecule has 3 heterocycles. The van der Waals surface area contributed by atoms with E-state index in [-0.39, 0.29) is 17.5 Å². The standard InChI is InChI=1S/C19H23F2N9O/c1-19(31)7-10(8-19)25-18-27-17(23-2)15-11(5-6-30(15)29-18)12-3-4-13(28-22)16(26-12)24-9-14(20)21/h3-6,10,14,22,31H,7-9H2,1-2H3,(H,24,26)(H2,23,25,27,29). The van der Waals surface area contributed by atoms with Crippen molar-refractivity contribution in [2.45, 2.75) is 37.8 Å². The number of fused-ring (bicyclic) bond motifs is 1. The van der Waals surface area contributed by atoms with Crippen LogP contribution >= 0.6 is 0 Å². The van der Waals surface area contributed by atoms with E-state index in [0.717, 1.165) is 0 Å². The van der Waals surface area contributed by atoms with Gasteiger partial charge in [0.2, 0.25) is 5.95 Å². The van der Waals surface area contributed by atoms with Crippen molar-refractivity contribution < 1.29 is 13.9 Å². The van der Waals surface area contributed by atoms with Crippen molar-refractivity contribution >= 4 is 28.8 Å². The molecular weight excluding hydrogens is 408 g/mol. The quantitative estimate of drug-likeness (QED) is 0.344. The third-order valence-corrected chi connectivity index (χ3v) is 5.15. The number of hydrogen-bond acceptors (Lipinski definition) is 9. The van der Waals surface area contributed by atoms with E-state index in [1.807, 2.05) is 0 Å². The molecule has 1 aliphatic rings. The van der Waals surface area contributed by atoms with E-state index in [2.05, 4.69) is 36.1 Å². The second-order valence-corrected chi connectivity index (χ2v) is 7.75. The molecule has 12 heteroatoms. The molecule has 0 radical (unpaired) electrons. The van der Waals surface area contributed by atoms with Crippen LogP contribution in [0.3, 0.4) is 0 Å². The fraction of sp³-hybridized carbons (Fsp3) is 0.421. The maximum atomic E-state index is 12.6. The van der Waals surface area contributed by atoms with Crippen molar-refractivity contribution in [3.8, 4) is 11.3 Å². The average molecular weight is 431 g/mol. The zero-order valence-corrected chi connectivity index (χ0v) is 17.0. The molecular formula is C19H23F2N9O. The lowest BCUT2D eigenvalue weighted by Gasteiger charge is -2.41. The van der Waals surface area contributed by atoms with Gasteiger partial charge in [0.05, 0.1) is 17.8 Å². The maximum Gasteiger partial charge on any atom is 0.255 e. The summed E-state index contributed by atoms with van der Waals surface area (Å²) in [5, 5.41) is 26.6. The third kappa shape index (κ3) is 4.24. The van der Waals surface area contributed by atoms with Gasteiger partial charge in [0.25, 0.3) is 6.43 Å². The van der Waals surface area contributed by atoms with Crippen molar-refractivity contribution in [1.29, 1.82) is 5.53 Å². The Morgan fingerprint density at radius 2 is 2.06 bits per heavy atom. The minimum Gasteiger partial charge on any atom is -0.390 e. The summed E-state index contributed by atoms with van der Waals surface area (Å²) in [6, 6.07) is 5.11. The fourth-order valence-electron chi connectivity index (χ4n) is 3.75. The second kappa shape index (κ2) is 8.02. The molecule has 0 saturated heterocycles. The van der Waals surface area contributed by atoms with E-state index in [1.165, 1.54) is 0 Å². The van der Waals surface area contributed by atoms with Crippen LogP contribution in [0.1, 0.15) is 19.8 Å². The van der Waals surface area contributed by atoms with Crippen LogP contribution in [0.4, 0.5) is 32.1 Å². The van der Waals surface area contributed by atoms with E-state index >= 15 is 0 Å². The lowest BCUT2D eigenvalue weighted by molar-refractivity contribution is -0.0236. The van der Waals surface area contributed by atoms with Gasteiger partial charge >= 0.3 is 0 Å². The molecule has 3 aromatic heterocycles. The predicted octanol–water partition coefficient (Wildman–Crippen LogP) is 3.50. The van der Waals surface area contributed by atoms with Crippen molar-refractivity contribution in [3.05, 3.63) is 24.4 Å². The zero-order chi connectivity index (χ0) is 22.2. The first-order valence-corrected chi connectivity index (χ1v) is 9.76.